The van der Waals surface area contributed by atoms with Gasteiger partial charge < -0.3 is 9.47 Å². The van der Waals surface area contributed by atoms with E-state index in [1.807, 2.05) is 42.7 Å². The number of aromatic nitrogens is 3. The minimum absolute atomic E-state index is 0.0989. The highest BCUT2D eigenvalue weighted by molar-refractivity contribution is 7.99. The molecule has 3 rings (SSSR count). The topological polar surface area (TPSA) is 92.3 Å². The molecule has 1 atom stereocenters. The molecular formula is C22H22N4O4S. The summed E-state index contributed by atoms with van der Waals surface area (Å²) in [6, 6.07) is 13.1. The van der Waals surface area contributed by atoms with Gasteiger partial charge in [0.05, 0.1) is 7.11 Å². The smallest absolute Gasteiger partial charge is 0.220 e. The van der Waals surface area contributed by atoms with Gasteiger partial charge in [-0.2, -0.15) is 0 Å². The highest BCUT2D eigenvalue weighted by Gasteiger charge is 2.25. The van der Waals surface area contributed by atoms with Crippen LogP contribution < -0.4 is 9.47 Å². The first-order valence-corrected chi connectivity index (χ1v) is 10.3. The fourth-order valence-corrected chi connectivity index (χ4v) is 4.17. The maximum atomic E-state index is 11.4. The second kappa shape index (κ2) is 10.00. The number of nitrogens with zero attached hydrogens (tertiary/aromatic N) is 4. The van der Waals surface area contributed by atoms with E-state index in [0.29, 0.717) is 28.0 Å². The van der Waals surface area contributed by atoms with Crippen molar-refractivity contribution in [3.63, 3.8) is 0 Å². The van der Waals surface area contributed by atoms with Crippen molar-refractivity contribution in [2.24, 2.45) is 0 Å². The van der Waals surface area contributed by atoms with Crippen LogP contribution in [0, 0.1) is 36.3 Å². The number of hydrogen-bond acceptors (Lipinski definition) is 7. The van der Waals surface area contributed by atoms with E-state index < -0.39 is 5.25 Å². The Kier molecular flexibility index (Phi) is 7.15. The number of thioether (sulfide) groups is 1. The fourth-order valence-electron chi connectivity index (χ4n) is 3.01. The monoisotopic (exact) mass is 438 g/mol. The summed E-state index contributed by atoms with van der Waals surface area (Å²) in [5.41, 5.74) is 2.74. The van der Waals surface area contributed by atoms with E-state index in [4.69, 9.17) is 15.9 Å². The zero-order valence-corrected chi connectivity index (χ0v) is 18.3. The third-order valence-electron chi connectivity index (χ3n) is 4.52. The Morgan fingerprint density at radius 3 is 2.58 bits per heavy atom. The highest BCUT2D eigenvalue weighted by atomic mass is 32.2. The van der Waals surface area contributed by atoms with Crippen molar-refractivity contribution in [1.82, 2.24) is 14.8 Å². The predicted octanol–water partition coefficient (Wildman–Crippen LogP) is 4.01. The zero-order valence-electron chi connectivity index (χ0n) is 17.4. The summed E-state index contributed by atoms with van der Waals surface area (Å²) in [7, 11) is 1.51. The second-order valence-corrected chi connectivity index (χ2v) is 7.90. The SMILES string of the molecule is C#CCOc1ccc([C@H](C[N+](=O)[O-])Sc2nnc(C)n2-c2ccc(C)cc2)cc1OC. The van der Waals surface area contributed by atoms with E-state index in [9.17, 15) is 10.1 Å². The summed E-state index contributed by atoms with van der Waals surface area (Å²) in [6.07, 6.45) is 5.25. The molecule has 0 unspecified atom stereocenters. The van der Waals surface area contributed by atoms with Gasteiger partial charge in [-0.05, 0) is 43.7 Å². The molecule has 31 heavy (non-hydrogen) atoms. The van der Waals surface area contributed by atoms with Crippen LogP contribution in [-0.4, -0.2) is 39.9 Å². The van der Waals surface area contributed by atoms with Gasteiger partial charge in [0.2, 0.25) is 6.54 Å². The molecule has 0 aliphatic heterocycles. The van der Waals surface area contributed by atoms with Crippen LogP contribution in [0.4, 0.5) is 0 Å². The molecule has 0 N–H and O–H groups in total. The predicted molar refractivity (Wildman–Crippen MR) is 119 cm³/mol. The number of nitro groups is 1. The van der Waals surface area contributed by atoms with Crippen molar-refractivity contribution in [2.45, 2.75) is 24.3 Å². The van der Waals surface area contributed by atoms with Crippen molar-refractivity contribution >= 4 is 11.8 Å². The summed E-state index contributed by atoms with van der Waals surface area (Å²) in [5.74, 6) is 4.03. The molecule has 0 aliphatic carbocycles. The number of terminal acetylenes is 1. The Hall–Kier alpha value is -3.51. The highest BCUT2D eigenvalue weighted by Crippen LogP contribution is 2.39. The van der Waals surface area contributed by atoms with Gasteiger partial charge in [-0.1, -0.05) is 41.4 Å². The quantitative estimate of drug-likeness (QED) is 0.216. The molecule has 1 aromatic heterocycles. The van der Waals surface area contributed by atoms with Gasteiger partial charge in [-0.25, -0.2) is 0 Å². The van der Waals surface area contributed by atoms with Crippen LogP contribution in [0.25, 0.3) is 5.69 Å². The van der Waals surface area contributed by atoms with Crippen LogP contribution in [0.5, 0.6) is 11.5 Å². The van der Waals surface area contributed by atoms with E-state index in [-0.39, 0.29) is 18.1 Å². The molecule has 9 heteroatoms. The van der Waals surface area contributed by atoms with Crippen LogP contribution in [0.15, 0.2) is 47.6 Å². The molecular weight excluding hydrogens is 416 g/mol. The van der Waals surface area contributed by atoms with E-state index in [2.05, 4.69) is 16.1 Å². The van der Waals surface area contributed by atoms with E-state index in [1.54, 1.807) is 18.2 Å². The van der Waals surface area contributed by atoms with Crippen molar-refractivity contribution < 1.29 is 14.4 Å². The van der Waals surface area contributed by atoms with Gasteiger partial charge in [0.1, 0.15) is 17.7 Å². The van der Waals surface area contributed by atoms with E-state index in [0.717, 1.165) is 11.3 Å². The number of ether oxygens (including phenoxy) is 2. The maximum Gasteiger partial charge on any atom is 0.220 e. The third kappa shape index (κ3) is 5.35. The van der Waals surface area contributed by atoms with Crippen molar-refractivity contribution in [3.05, 3.63) is 69.5 Å². The number of methoxy groups -OCH3 is 1. The number of benzene rings is 2. The molecule has 0 fully saturated rings. The van der Waals surface area contributed by atoms with Gasteiger partial charge in [0, 0.05) is 10.6 Å². The molecule has 0 radical (unpaired) electrons. The van der Waals surface area contributed by atoms with E-state index >= 15 is 0 Å². The lowest BCUT2D eigenvalue weighted by Crippen LogP contribution is -2.11. The van der Waals surface area contributed by atoms with Crippen LogP contribution in [0.3, 0.4) is 0 Å². The molecule has 0 aliphatic rings. The Balaban J connectivity index is 1.96. The molecule has 0 bridgehead atoms. The summed E-state index contributed by atoms with van der Waals surface area (Å²) < 4.78 is 12.8. The lowest BCUT2D eigenvalue weighted by Gasteiger charge is -2.16. The molecule has 2 aromatic carbocycles. The fraction of sp³-hybridized carbons (Fsp3) is 0.273. The molecule has 8 nitrogen and oxygen atoms in total. The molecule has 160 valence electrons. The van der Waals surface area contributed by atoms with Crippen molar-refractivity contribution in [2.75, 3.05) is 20.3 Å². The Labute approximate surface area is 184 Å². The average molecular weight is 439 g/mol. The lowest BCUT2D eigenvalue weighted by molar-refractivity contribution is -0.479. The largest absolute Gasteiger partial charge is 0.493 e. The van der Waals surface area contributed by atoms with E-state index in [1.165, 1.54) is 18.9 Å². The molecule has 0 saturated carbocycles. The molecule has 3 aromatic rings. The van der Waals surface area contributed by atoms with Crippen molar-refractivity contribution in [3.8, 4) is 29.5 Å². The van der Waals surface area contributed by atoms with Gasteiger partial charge in [0.25, 0.3) is 0 Å². The number of hydrogen-bond donors (Lipinski definition) is 0. The first kappa shape index (κ1) is 22.2. The number of aryl methyl sites for hydroxylation is 2. The van der Waals surface area contributed by atoms with Gasteiger partial charge in [0.15, 0.2) is 16.7 Å². The van der Waals surface area contributed by atoms with Crippen LogP contribution in [0.1, 0.15) is 22.2 Å². The Bertz CT molecular complexity index is 1110. The molecule has 0 spiro atoms. The van der Waals surface area contributed by atoms with Crippen LogP contribution >= 0.6 is 11.8 Å². The van der Waals surface area contributed by atoms with Gasteiger partial charge in [-0.15, -0.1) is 16.6 Å². The summed E-state index contributed by atoms with van der Waals surface area (Å²) in [6.45, 7) is 3.66. The molecule has 0 amide bonds. The first-order valence-electron chi connectivity index (χ1n) is 9.44. The first-order chi connectivity index (χ1) is 14.9. The van der Waals surface area contributed by atoms with Gasteiger partial charge >= 0.3 is 0 Å². The second-order valence-electron chi connectivity index (χ2n) is 6.73. The normalized spacial score (nSPS) is 11.5. The Morgan fingerprint density at radius 1 is 1.19 bits per heavy atom. The molecule has 1 heterocycles. The average Bonchev–Trinajstić information content (AvgIpc) is 3.12. The zero-order chi connectivity index (χ0) is 22.4. The summed E-state index contributed by atoms with van der Waals surface area (Å²) in [4.78, 5) is 11.1. The molecule has 0 saturated heterocycles. The maximum absolute atomic E-state index is 11.4. The van der Waals surface area contributed by atoms with Gasteiger partial charge in [-0.3, -0.25) is 14.7 Å². The van der Waals surface area contributed by atoms with Crippen molar-refractivity contribution in [1.29, 1.82) is 0 Å². The minimum atomic E-state index is -0.515. The minimum Gasteiger partial charge on any atom is -0.493 e. The lowest BCUT2D eigenvalue weighted by atomic mass is 10.1. The van der Waals surface area contributed by atoms with Crippen LogP contribution in [-0.2, 0) is 0 Å². The Morgan fingerprint density at radius 2 is 1.94 bits per heavy atom. The summed E-state index contributed by atoms with van der Waals surface area (Å²) >= 11 is 1.28. The van der Waals surface area contributed by atoms with Crippen LogP contribution in [0.2, 0.25) is 0 Å². The standard InChI is InChI=1S/C22H22N4O4S/c1-5-12-30-19-11-8-17(13-20(19)29-4)21(14-25(27)28)31-22-24-23-16(3)26(22)18-9-6-15(2)7-10-18/h1,6-11,13,21H,12,14H2,2-4H3/t21-/m0/s1. The number of rotatable bonds is 9. The summed E-state index contributed by atoms with van der Waals surface area (Å²) in [5, 5.41) is 19.9. The third-order valence-corrected chi connectivity index (χ3v) is 5.70.